The Labute approximate surface area is 131 Å². The molecule has 0 amide bonds. The molecule has 0 saturated carbocycles. The van der Waals surface area contributed by atoms with Gasteiger partial charge >= 0.3 is 0 Å². The van der Waals surface area contributed by atoms with Crippen molar-refractivity contribution in [2.45, 2.75) is 30.7 Å². The van der Waals surface area contributed by atoms with E-state index in [1.54, 1.807) is 13.8 Å². The van der Waals surface area contributed by atoms with Crippen LogP contribution >= 0.6 is 11.6 Å². The summed E-state index contributed by atoms with van der Waals surface area (Å²) in [6, 6.07) is 1.15. The molecule has 1 aromatic rings. The summed E-state index contributed by atoms with van der Waals surface area (Å²) >= 11 is 5.70. The first kappa shape index (κ1) is 18.4. The smallest absolute Gasteiger partial charge is 0.246 e. The Balaban J connectivity index is 3.15. The highest BCUT2D eigenvalue weighted by Crippen LogP contribution is 2.25. The van der Waals surface area contributed by atoms with Crippen LogP contribution in [0.15, 0.2) is 15.4 Å². The number of hydrogen-bond donors (Lipinski definition) is 0. The maximum absolute atomic E-state index is 12.8. The van der Waals surface area contributed by atoms with Gasteiger partial charge in [0.05, 0.1) is 19.1 Å². The van der Waals surface area contributed by atoms with Crippen LogP contribution in [-0.2, 0) is 25.4 Å². The molecule has 0 saturated heterocycles. The van der Waals surface area contributed by atoms with Crippen LogP contribution in [0.3, 0.4) is 0 Å². The molecule has 0 aliphatic heterocycles. The van der Waals surface area contributed by atoms with Gasteiger partial charge in [0.2, 0.25) is 10.0 Å². The first-order chi connectivity index (χ1) is 9.88. The van der Waals surface area contributed by atoms with E-state index in [2.05, 4.69) is 0 Å². The summed E-state index contributed by atoms with van der Waals surface area (Å²) < 4.78 is 42.4. The summed E-state index contributed by atoms with van der Waals surface area (Å²) in [5.74, 6) is 0.888. The predicted octanol–water partition coefficient (Wildman–Crippen LogP) is 2.00. The van der Waals surface area contributed by atoms with Gasteiger partial charge in [-0.15, -0.1) is 11.6 Å². The maximum Gasteiger partial charge on any atom is 0.246 e. The SMILES string of the molecule is COCCN(C(C)COC)S(=O)(=O)c1cc(CCl)oc1C. The predicted molar refractivity (Wildman–Crippen MR) is 80.1 cm³/mol. The van der Waals surface area contributed by atoms with Gasteiger partial charge in [-0.05, 0) is 13.8 Å². The van der Waals surface area contributed by atoms with Gasteiger partial charge in [0.25, 0.3) is 0 Å². The van der Waals surface area contributed by atoms with Gasteiger partial charge in [-0.25, -0.2) is 8.42 Å². The number of methoxy groups -OCH3 is 2. The molecule has 8 heteroatoms. The Bertz CT molecular complexity index is 543. The van der Waals surface area contributed by atoms with E-state index >= 15 is 0 Å². The molecule has 0 N–H and O–H groups in total. The zero-order valence-corrected chi connectivity index (χ0v) is 14.3. The highest BCUT2D eigenvalue weighted by Gasteiger charge is 2.32. The molecule has 6 nitrogen and oxygen atoms in total. The van der Waals surface area contributed by atoms with E-state index in [-0.39, 0.29) is 23.4 Å². The third-order valence-electron chi connectivity index (χ3n) is 3.06. The summed E-state index contributed by atoms with van der Waals surface area (Å²) in [7, 11) is -0.631. The molecule has 0 aliphatic rings. The molecular weight excluding hydrogens is 318 g/mol. The summed E-state index contributed by atoms with van der Waals surface area (Å²) in [5.41, 5.74) is 0. The number of sulfonamides is 1. The normalized spacial score (nSPS) is 13.8. The summed E-state index contributed by atoms with van der Waals surface area (Å²) in [6.45, 7) is 4.23. The average molecular weight is 340 g/mol. The van der Waals surface area contributed by atoms with E-state index in [1.165, 1.54) is 24.6 Å². The minimum atomic E-state index is -3.69. The summed E-state index contributed by atoms with van der Waals surface area (Å²) in [5, 5.41) is 0. The second kappa shape index (κ2) is 8.14. The molecule has 1 heterocycles. The van der Waals surface area contributed by atoms with Crippen LogP contribution in [-0.4, -0.2) is 52.7 Å². The second-order valence-corrected chi connectivity index (χ2v) is 6.81. The van der Waals surface area contributed by atoms with Crippen molar-refractivity contribution in [2.24, 2.45) is 0 Å². The second-order valence-electron chi connectivity index (χ2n) is 4.68. The van der Waals surface area contributed by atoms with Crippen LogP contribution in [0.25, 0.3) is 0 Å². The van der Waals surface area contributed by atoms with Crippen molar-refractivity contribution in [3.63, 3.8) is 0 Å². The first-order valence-electron chi connectivity index (χ1n) is 6.53. The van der Waals surface area contributed by atoms with E-state index in [9.17, 15) is 8.42 Å². The highest BCUT2D eigenvalue weighted by molar-refractivity contribution is 7.89. The fourth-order valence-corrected chi connectivity index (χ4v) is 3.97. The largest absolute Gasteiger partial charge is 0.464 e. The first-order valence-corrected chi connectivity index (χ1v) is 8.50. The van der Waals surface area contributed by atoms with Crippen molar-refractivity contribution in [3.05, 3.63) is 17.6 Å². The van der Waals surface area contributed by atoms with Crippen LogP contribution in [0.2, 0.25) is 0 Å². The third-order valence-corrected chi connectivity index (χ3v) is 5.44. The van der Waals surface area contributed by atoms with Crippen LogP contribution in [0, 0.1) is 6.92 Å². The van der Waals surface area contributed by atoms with Crippen LogP contribution in [0.1, 0.15) is 18.4 Å². The maximum atomic E-state index is 12.8. The number of alkyl halides is 1. The van der Waals surface area contributed by atoms with Gasteiger partial charge in [-0.1, -0.05) is 0 Å². The standard InChI is InChI=1S/C13H22ClNO5S/c1-10(9-19-4)15(5-6-18-3)21(16,17)13-7-12(8-14)20-11(13)2/h7,10H,5-6,8-9H2,1-4H3. The lowest BCUT2D eigenvalue weighted by Crippen LogP contribution is -2.43. The van der Waals surface area contributed by atoms with E-state index < -0.39 is 10.0 Å². The van der Waals surface area contributed by atoms with E-state index in [0.717, 1.165) is 0 Å². The molecule has 0 aliphatic carbocycles. The lowest BCUT2D eigenvalue weighted by molar-refractivity contribution is 0.119. The quantitative estimate of drug-likeness (QED) is 0.644. The number of furan rings is 1. The zero-order chi connectivity index (χ0) is 16.0. The molecule has 122 valence electrons. The van der Waals surface area contributed by atoms with Gasteiger partial charge in [-0.2, -0.15) is 4.31 Å². The Morgan fingerprint density at radius 1 is 1.38 bits per heavy atom. The van der Waals surface area contributed by atoms with Gasteiger partial charge < -0.3 is 13.9 Å². The van der Waals surface area contributed by atoms with Crippen LogP contribution in [0.5, 0.6) is 0 Å². The van der Waals surface area contributed by atoms with Gasteiger partial charge in [0.1, 0.15) is 16.4 Å². The van der Waals surface area contributed by atoms with Crippen molar-refractivity contribution in [1.29, 1.82) is 0 Å². The van der Waals surface area contributed by atoms with Gasteiger partial charge in [0.15, 0.2) is 0 Å². The van der Waals surface area contributed by atoms with Crippen molar-refractivity contribution in [3.8, 4) is 0 Å². The van der Waals surface area contributed by atoms with Crippen LogP contribution < -0.4 is 0 Å². The van der Waals surface area contributed by atoms with Crippen molar-refractivity contribution in [2.75, 3.05) is 34.0 Å². The van der Waals surface area contributed by atoms with E-state index in [1.807, 2.05) is 0 Å². The van der Waals surface area contributed by atoms with Crippen molar-refractivity contribution < 1.29 is 22.3 Å². The molecule has 0 aromatic carbocycles. The molecule has 0 radical (unpaired) electrons. The molecule has 1 atom stereocenters. The number of aryl methyl sites for hydroxylation is 1. The number of rotatable bonds is 9. The molecule has 1 rings (SSSR count). The average Bonchev–Trinajstić information content (AvgIpc) is 2.81. The number of ether oxygens (including phenoxy) is 2. The van der Waals surface area contributed by atoms with Crippen molar-refractivity contribution in [1.82, 2.24) is 4.31 Å². The fraction of sp³-hybridized carbons (Fsp3) is 0.692. The molecule has 21 heavy (non-hydrogen) atoms. The lowest BCUT2D eigenvalue weighted by atomic mass is 10.3. The fourth-order valence-electron chi connectivity index (χ4n) is 2.06. The van der Waals surface area contributed by atoms with Crippen LogP contribution in [0.4, 0.5) is 0 Å². The Hall–Kier alpha value is -0.600. The Morgan fingerprint density at radius 3 is 2.52 bits per heavy atom. The third kappa shape index (κ3) is 4.43. The summed E-state index contributed by atoms with van der Waals surface area (Å²) in [4.78, 5) is 0.136. The minimum absolute atomic E-state index is 0.127. The summed E-state index contributed by atoms with van der Waals surface area (Å²) in [6.07, 6.45) is 0. The number of nitrogens with zero attached hydrogens (tertiary/aromatic N) is 1. The molecule has 0 bridgehead atoms. The Morgan fingerprint density at radius 2 is 2.05 bits per heavy atom. The lowest BCUT2D eigenvalue weighted by Gasteiger charge is -2.27. The molecule has 1 unspecified atom stereocenters. The van der Waals surface area contributed by atoms with Crippen molar-refractivity contribution >= 4 is 21.6 Å². The zero-order valence-electron chi connectivity index (χ0n) is 12.8. The topological polar surface area (TPSA) is 69.0 Å². The number of hydrogen-bond acceptors (Lipinski definition) is 5. The monoisotopic (exact) mass is 339 g/mol. The van der Waals surface area contributed by atoms with E-state index in [4.69, 9.17) is 25.5 Å². The van der Waals surface area contributed by atoms with Gasteiger partial charge in [-0.3, -0.25) is 0 Å². The number of halogens is 1. The Kier molecular flexibility index (Phi) is 7.15. The minimum Gasteiger partial charge on any atom is -0.464 e. The van der Waals surface area contributed by atoms with E-state index in [0.29, 0.717) is 24.7 Å². The highest BCUT2D eigenvalue weighted by atomic mass is 35.5. The van der Waals surface area contributed by atoms with Gasteiger partial charge in [0, 0.05) is 32.9 Å². The molecule has 0 fully saturated rings. The molecule has 0 spiro atoms. The molecular formula is C13H22ClNO5S. The molecule has 1 aromatic heterocycles.